The number of carbonyl (C=O) groups is 3. The zero-order chi connectivity index (χ0) is 27.9. The largest absolute Gasteiger partial charge is 0.383 e. The van der Waals surface area contributed by atoms with Gasteiger partial charge in [0, 0.05) is 57.4 Å². The van der Waals surface area contributed by atoms with Crippen LogP contribution in [0.5, 0.6) is 0 Å². The van der Waals surface area contributed by atoms with E-state index in [9.17, 15) is 14.4 Å². The molecule has 0 bridgehead atoms. The first-order valence-corrected chi connectivity index (χ1v) is 13.2. The fourth-order valence-electron chi connectivity index (χ4n) is 4.58. The van der Waals surface area contributed by atoms with Crippen molar-refractivity contribution in [2.75, 3.05) is 44.8 Å². The molecule has 0 saturated carbocycles. The number of methoxy groups -OCH3 is 1. The molecule has 1 aliphatic heterocycles. The third-order valence-electron chi connectivity index (χ3n) is 6.75. The zero-order valence-corrected chi connectivity index (χ0v) is 23.1. The van der Waals surface area contributed by atoms with Crippen LogP contribution in [0.25, 0.3) is 5.69 Å². The molecule has 3 aromatic rings. The fraction of sp³-hybridized carbons (Fsp3) is 0.357. The number of likely N-dealkylation sites (N-methyl/N-ethyl adjacent to an activating group) is 1. The number of anilines is 1. The molecule has 206 valence electrons. The number of aromatic nitrogens is 2. The quantitative estimate of drug-likeness (QED) is 0.460. The number of urea groups is 1. The molecule has 4 amide bonds. The lowest BCUT2D eigenvalue weighted by atomic mass is 10.1. The molecule has 2 heterocycles. The van der Waals surface area contributed by atoms with Crippen LogP contribution in [0.15, 0.2) is 60.9 Å². The highest BCUT2D eigenvalue weighted by atomic mass is 35.5. The van der Waals surface area contributed by atoms with E-state index in [1.807, 2.05) is 44.2 Å². The lowest BCUT2D eigenvalue weighted by molar-refractivity contribution is -0.130. The van der Waals surface area contributed by atoms with Crippen molar-refractivity contribution in [3.05, 3.63) is 77.1 Å². The van der Waals surface area contributed by atoms with Gasteiger partial charge in [-0.05, 0) is 49.7 Å². The summed E-state index contributed by atoms with van der Waals surface area (Å²) >= 11 is 6.58. The van der Waals surface area contributed by atoms with E-state index in [0.717, 1.165) is 11.3 Å². The molecular formula is C28H33ClN6O4. The minimum atomic E-state index is -0.371. The number of amides is 4. The highest BCUT2D eigenvalue weighted by Crippen LogP contribution is 2.30. The van der Waals surface area contributed by atoms with Gasteiger partial charge in [0.2, 0.25) is 5.91 Å². The van der Waals surface area contributed by atoms with Gasteiger partial charge in [-0.25, -0.2) is 9.48 Å². The summed E-state index contributed by atoms with van der Waals surface area (Å²) in [5, 5.41) is 7.28. The number of nitrogens with one attached hydrogen (secondary N) is 1. The second kappa shape index (κ2) is 12.8. The molecule has 4 rings (SSSR count). The SMILES string of the molecule is CCN(CCOC)C(=O)CNC(=O)N1Cc2ccccc2N(C(=O)c2ccc(-n3cccn3)cc2Cl)C[C@H]1C. The second-order valence-electron chi connectivity index (χ2n) is 9.26. The van der Waals surface area contributed by atoms with Crippen molar-refractivity contribution in [1.29, 1.82) is 0 Å². The average Bonchev–Trinajstić information content (AvgIpc) is 3.44. The molecule has 0 aliphatic carbocycles. The molecule has 0 unspecified atom stereocenters. The van der Waals surface area contributed by atoms with Crippen molar-refractivity contribution < 1.29 is 19.1 Å². The number of para-hydroxylation sites is 1. The molecule has 1 atom stereocenters. The zero-order valence-electron chi connectivity index (χ0n) is 22.3. The van der Waals surface area contributed by atoms with E-state index >= 15 is 0 Å². The van der Waals surface area contributed by atoms with Crippen LogP contribution in [0.2, 0.25) is 5.02 Å². The standard InChI is InChI=1S/C28H33ClN6O4/c1-4-32(14-15-39-3)26(36)17-30-28(38)33-19-21-8-5-6-9-25(21)34(18-20(33)2)27(37)23-11-10-22(16-24(23)29)35-13-7-12-31-35/h5-13,16,20H,4,14-15,17-19H2,1-3H3,(H,30,38)/t20-/m1/s1. The molecular weight excluding hydrogens is 520 g/mol. The number of carbonyl (C=O) groups excluding carboxylic acids is 3. The Labute approximate surface area is 233 Å². The summed E-state index contributed by atoms with van der Waals surface area (Å²) in [6, 6.07) is 13.8. The monoisotopic (exact) mass is 552 g/mol. The third kappa shape index (κ3) is 6.40. The Balaban J connectivity index is 1.52. The molecule has 2 aromatic carbocycles. The van der Waals surface area contributed by atoms with Crippen molar-refractivity contribution >= 4 is 35.1 Å². The maximum atomic E-state index is 13.8. The Hall–Kier alpha value is -3.89. The molecule has 1 N–H and O–H groups in total. The molecule has 11 heteroatoms. The highest BCUT2D eigenvalue weighted by Gasteiger charge is 2.32. The van der Waals surface area contributed by atoms with Gasteiger partial charge in [0.25, 0.3) is 5.91 Å². The van der Waals surface area contributed by atoms with Crippen molar-refractivity contribution in [3.63, 3.8) is 0 Å². The van der Waals surface area contributed by atoms with Gasteiger partial charge in [-0.15, -0.1) is 0 Å². The number of hydrogen-bond donors (Lipinski definition) is 1. The van der Waals surface area contributed by atoms with E-state index in [2.05, 4.69) is 10.4 Å². The fourth-order valence-corrected chi connectivity index (χ4v) is 4.84. The third-order valence-corrected chi connectivity index (χ3v) is 7.06. The predicted molar refractivity (Wildman–Crippen MR) is 149 cm³/mol. The number of rotatable bonds is 8. The van der Waals surface area contributed by atoms with Crippen molar-refractivity contribution in [3.8, 4) is 5.69 Å². The summed E-state index contributed by atoms with van der Waals surface area (Å²) in [5.41, 5.74) is 2.63. The number of fused-ring (bicyclic) bond motifs is 1. The van der Waals surface area contributed by atoms with Gasteiger partial charge in [-0.2, -0.15) is 5.10 Å². The van der Waals surface area contributed by atoms with Crippen LogP contribution in [-0.4, -0.2) is 83.4 Å². The van der Waals surface area contributed by atoms with Crippen LogP contribution in [0.3, 0.4) is 0 Å². The van der Waals surface area contributed by atoms with Crippen molar-refractivity contribution in [2.45, 2.75) is 26.4 Å². The van der Waals surface area contributed by atoms with E-state index in [0.29, 0.717) is 36.0 Å². The Morgan fingerprint density at radius 2 is 1.97 bits per heavy atom. The van der Waals surface area contributed by atoms with Crippen LogP contribution >= 0.6 is 11.6 Å². The maximum absolute atomic E-state index is 13.8. The van der Waals surface area contributed by atoms with Crippen molar-refractivity contribution in [1.82, 2.24) is 24.9 Å². The maximum Gasteiger partial charge on any atom is 0.318 e. The van der Waals surface area contributed by atoms with E-state index < -0.39 is 0 Å². The molecule has 1 aliphatic rings. The second-order valence-corrected chi connectivity index (χ2v) is 9.67. The first-order valence-electron chi connectivity index (χ1n) is 12.8. The molecule has 0 fully saturated rings. The van der Waals surface area contributed by atoms with Gasteiger partial charge in [-0.1, -0.05) is 29.8 Å². The Morgan fingerprint density at radius 1 is 1.18 bits per heavy atom. The molecule has 39 heavy (non-hydrogen) atoms. The minimum absolute atomic E-state index is 0.123. The normalized spacial score (nSPS) is 14.9. The van der Waals surface area contributed by atoms with Crippen LogP contribution in [0, 0.1) is 0 Å². The van der Waals surface area contributed by atoms with Crippen molar-refractivity contribution in [2.24, 2.45) is 0 Å². The molecule has 0 saturated heterocycles. The van der Waals surface area contributed by atoms with E-state index in [4.69, 9.17) is 16.3 Å². The smallest absolute Gasteiger partial charge is 0.318 e. The van der Waals surface area contributed by atoms with Crippen LogP contribution in [-0.2, 0) is 16.1 Å². The average molecular weight is 553 g/mol. The topological polar surface area (TPSA) is 100 Å². The summed E-state index contributed by atoms with van der Waals surface area (Å²) in [5.74, 6) is -0.448. The minimum Gasteiger partial charge on any atom is -0.383 e. The number of benzene rings is 2. The van der Waals surface area contributed by atoms with Gasteiger partial charge in [-0.3, -0.25) is 9.59 Å². The molecule has 1 aromatic heterocycles. The van der Waals surface area contributed by atoms with Crippen LogP contribution in [0.1, 0.15) is 29.8 Å². The number of halogens is 1. The summed E-state index contributed by atoms with van der Waals surface area (Å²) < 4.78 is 6.73. The van der Waals surface area contributed by atoms with E-state index in [-0.39, 0.29) is 43.5 Å². The van der Waals surface area contributed by atoms with Gasteiger partial charge >= 0.3 is 6.03 Å². The van der Waals surface area contributed by atoms with Crippen LogP contribution in [0.4, 0.5) is 10.5 Å². The summed E-state index contributed by atoms with van der Waals surface area (Å²) in [6.45, 7) is 5.58. The number of nitrogens with zero attached hydrogens (tertiary/aromatic N) is 5. The Bertz CT molecular complexity index is 1320. The van der Waals surface area contributed by atoms with Gasteiger partial charge in [0.05, 0.1) is 29.4 Å². The van der Waals surface area contributed by atoms with Crippen LogP contribution < -0.4 is 10.2 Å². The first-order chi connectivity index (χ1) is 18.8. The Kier molecular flexibility index (Phi) is 9.21. The summed E-state index contributed by atoms with van der Waals surface area (Å²) in [7, 11) is 1.58. The molecule has 10 nitrogen and oxygen atoms in total. The van der Waals surface area contributed by atoms with Gasteiger partial charge in [0.1, 0.15) is 0 Å². The summed E-state index contributed by atoms with van der Waals surface area (Å²) in [6.07, 6.45) is 3.47. The number of hydrogen-bond acceptors (Lipinski definition) is 5. The first kappa shape index (κ1) is 28.1. The molecule has 0 radical (unpaired) electrons. The Morgan fingerprint density at radius 3 is 2.67 bits per heavy atom. The van der Waals surface area contributed by atoms with E-state index in [1.54, 1.807) is 57.1 Å². The lowest BCUT2D eigenvalue weighted by Gasteiger charge is -2.30. The van der Waals surface area contributed by atoms with Gasteiger partial charge in [0.15, 0.2) is 0 Å². The van der Waals surface area contributed by atoms with E-state index in [1.165, 1.54) is 0 Å². The highest BCUT2D eigenvalue weighted by molar-refractivity contribution is 6.34. The van der Waals surface area contributed by atoms with Gasteiger partial charge < -0.3 is 24.8 Å². The summed E-state index contributed by atoms with van der Waals surface area (Å²) in [4.78, 5) is 44.6. The molecule has 0 spiro atoms. The predicted octanol–water partition coefficient (Wildman–Crippen LogP) is 3.58. The lowest BCUT2D eigenvalue weighted by Crippen LogP contribution is -2.50. The number of ether oxygens (including phenoxy) is 1.